The van der Waals surface area contributed by atoms with Crippen molar-refractivity contribution in [1.29, 1.82) is 5.26 Å². The monoisotopic (exact) mass is 386 g/mol. The van der Waals surface area contributed by atoms with E-state index < -0.39 is 12.7 Å². The minimum absolute atomic E-state index is 0.0359. The lowest BCUT2D eigenvalue weighted by Gasteiger charge is -2.35. The Balaban J connectivity index is 1.80. The van der Waals surface area contributed by atoms with Gasteiger partial charge in [-0.15, -0.1) is 0 Å². The Morgan fingerprint density at radius 1 is 1.39 bits per heavy atom. The van der Waals surface area contributed by atoms with Gasteiger partial charge in [-0.3, -0.25) is 9.59 Å². The van der Waals surface area contributed by atoms with E-state index in [-0.39, 0.29) is 37.9 Å². The van der Waals surface area contributed by atoms with E-state index in [2.05, 4.69) is 11.4 Å². The fourth-order valence-electron chi connectivity index (χ4n) is 3.63. The molecule has 1 N–H and O–H groups in total. The standard InChI is InChI=1S/C20H23FN4O3/c1-14-17(11-22)16-4-2-3-5-18(16)25(14)12-20(27)24-8-9-28-13-15(24)10-19(26)23-7-6-21/h2-5,15H,6-10,12-13H2,1H3,(H,23,26)/t15-/m0/s1. The molecule has 0 bridgehead atoms. The largest absolute Gasteiger partial charge is 0.377 e. The zero-order valence-electron chi connectivity index (χ0n) is 15.8. The van der Waals surface area contributed by atoms with Crippen LogP contribution in [0.3, 0.4) is 0 Å². The number of halogens is 1. The van der Waals surface area contributed by atoms with Crippen molar-refractivity contribution in [3.05, 3.63) is 35.5 Å². The molecule has 8 heteroatoms. The van der Waals surface area contributed by atoms with Crippen molar-refractivity contribution in [2.24, 2.45) is 0 Å². The lowest BCUT2D eigenvalue weighted by Crippen LogP contribution is -2.51. The number of nitrogens with zero attached hydrogens (tertiary/aromatic N) is 3. The van der Waals surface area contributed by atoms with Gasteiger partial charge in [0, 0.05) is 30.6 Å². The van der Waals surface area contributed by atoms with Gasteiger partial charge in [0.05, 0.1) is 30.3 Å². The normalized spacial score (nSPS) is 16.8. The number of fused-ring (bicyclic) bond motifs is 1. The van der Waals surface area contributed by atoms with Crippen LogP contribution >= 0.6 is 0 Å². The molecule has 1 fully saturated rings. The molecule has 2 heterocycles. The summed E-state index contributed by atoms with van der Waals surface area (Å²) in [5.74, 6) is -0.444. The molecule has 1 aromatic carbocycles. The molecular weight excluding hydrogens is 363 g/mol. The number of rotatable bonds is 6. The van der Waals surface area contributed by atoms with Crippen LogP contribution in [-0.4, -0.2) is 60.3 Å². The second-order valence-corrected chi connectivity index (χ2v) is 6.73. The second kappa shape index (κ2) is 8.85. The Labute approximate surface area is 162 Å². The van der Waals surface area contributed by atoms with Gasteiger partial charge in [0.2, 0.25) is 11.8 Å². The molecular formula is C20H23FN4O3. The Morgan fingerprint density at radius 2 is 2.18 bits per heavy atom. The van der Waals surface area contributed by atoms with Crippen molar-refractivity contribution in [2.45, 2.75) is 25.9 Å². The highest BCUT2D eigenvalue weighted by atomic mass is 19.1. The fourth-order valence-corrected chi connectivity index (χ4v) is 3.63. The van der Waals surface area contributed by atoms with Crippen molar-refractivity contribution in [1.82, 2.24) is 14.8 Å². The zero-order valence-corrected chi connectivity index (χ0v) is 15.8. The van der Waals surface area contributed by atoms with Crippen LogP contribution in [-0.2, 0) is 20.9 Å². The lowest BCUT2D eigenvalue weighted by atomic mass is 10.1. The van der Waals surface area contributed by atoms with Crippen molar-refractivity contribution in [3.8, 4) is 6.07 Å². The number of hydrogen-bond donors (Lipinski definition) is 1. The number of nitrogens with one attached hydrogen (secondary N) is 1. The summed E-state index contributed by atoms with van der Waals surface area (Å²) in [7, 11) is 0. The van der Waals surface area contributed by atoms with E-state index in [1.807, 2.05) is 35.8 Å². The van der Waals surface area contributed by atoms with E-state index in [1.54, 1.807) is 4.90 Å². The van der Waals surface area contributed by atoms with Gasteiger partial charge >= 0.3 is 0 Å². The quantitative estimate of drug-likeness (QED) is 0.816. The molecule has 0 unspecified atom stereocenters. The summed E-state index contributed by atoms with van der Waals surface area (Å²) in [6.07, 6.45) is 0.0700. The molecule has 1 atom stereocenters. The molecule has 3 rings (SSSR count). The van der Waals surface area contributed by atoms with E-state index in [0.717, 1.165) is 16.6 Å². The molecule has 0 radical (unpaired) electrons. The zero-order chi connectivity index (χ0) is 20.1. The third-order valence-electron chi connectivity index (χ3n) is 5.02. The van der Waals surface area contributed by atoms with Crippen molar-refractivity contribution >= 4 is 22.7 Å². The Bertz CT molecular complexity index is 918. The number of carbonyl (C=O) groups excluding carboxylic acids is 2. The molecule has 7 nitrogen and oxygen atoms in total. The number of aromatic nitrogens is 1. The summed E-state index contributed by atoms with van der Waals surface area (Å²) in [5, 5.41) is 12.8. The van der Waals surface area contributed by atoms with Gasteiger partial charge in [-0.25, -0.2) is 4.39 Å². The summed E-state index contributed by atoms with van der Waals surface area (Å²) in [4.78, 5) is 26.6. The van der Waals surface area contributed by atoms with Gasteiger partial charge in [-0.1, -0.05) is 18.2 Å². The molecule has 1 aromatic heterocycles. The van der Waals surface area contributed by atoms with Crippen LogP contribution in [0.1, 0.15) is 17.7 Å². The molecule has 1 aliphatic rings. The average molecular weight is 386 g/mol. The number of para-hydroxylation sites is 1. The van der Waals surface area contributed by atoms with Crippen LogP contribution in [0.15, 0.2) is 24.3 Å². The van der Waals surface area contributed by atoms with Crippen molar-refractivity contribution < 1.29 is 18.7 Å². The van der Waals surface area contributed by atoms with E-state index in [1.165, 1.54) is 0 Å². The number of amides is 2. The Morgan fingerprint density at radius 3 is 2.93 bits per heavy atom. The van der Waals surface area contributed by atoms with Gasteiger partial charge in [0.1, 0.15) is 19.3 Å². The molecule has 2 aromatic rings. The molecule has 1 aliphatic heterocycles. The average Bonchev–Trinajstić information content (AvgIpc) is 2.97. The first-order chi connectivity index (χ1) is 13.6. The van der Waals surface area contributed by atoms with E-state index in [0.29, 0.717) is 18.7 Å². The predicted octanol–water partition coefficient (Wildman–Crippen LogP) is 1.52. The van der Waals surface area contributed by atoms with Gasteiger partial charge in [0.25, 0.3) is 0 Å². The number of carbonyl (C=O) groups is 2. The number of morpholine rings is 1. The van der Waals surface area contributed by atoms with Crippen LogP contribution in [0.25, 0.3) is 10.9 Å². The molecule has 148 valence electrons. The van der Waals surface area contributed by atoms with Crippen molar-refractivity contribution in [2.75, 3.05) is 33.0 Å². The highest BCUT2D eigenvalue weighted by molar-refractivity contribution is 5.90. The summed E-state index contributed by atoms with van der Waals surface area (Å²) in [6.45, 7) is 2.31. The minimum atomic E-state index is -0.628. The smallest absolute Gasteiger partial charge is 0.242 e. The lowest BCUT2D eigenvalue weighted by molar-refractivity contribution is -0.142. The van der Waals surface area contributed by atoms with Gasteiger partial charge in [-0.05, 0) is 13.0 Å². The van der Waals surface area contributed by atoms with Crippen LogP contribution < -0.4 is 5.32 Å². The Hall–Kier alpha value is -2.92. The molecule has 2 amide bonds. The highest BCUT2D eigenvalue weighted by Gasteiger charge is 2.30. The first kappa shape index (κ1) is 19.8. The number of alkyl halides is 1. The third-order valence-corrected chi connectivity index (χ3v) is 5.02. The number of nitriles is 1. The fraction of sp³-hybridized carbons (Fsp3) is 0.450. The molecule has 0 spiro atoms. The highest BCUT2D eigenvalue weighted by Crippen LogP contribution is 2.25. The first-order valence-electron chi connectivity index (χ1n) is 9.24. The van der Waals surface area contributed by atoms with E-state index in [9.17, 15) is 19.2 Å². The van der Waals surface area contributed by atoms with Crippen LogP contribution in [0.2, 0.25) is 0 Å². The summed E-state index contributed by atoms with van der Waals surface area (Å²) in [5.41, 5.74) is 2.13. The number of ether oxygens (including phenoxy) is 1. The molecule has 28 heavy (non-hydrogen) atoms. The topological polar surface area (TPSA) is 87.4 Å². The minimum Gasteiger partial charge on any atom is -0.377 e. The summed E-state index contributed by atoms with van der Waals surface area (Å²) < 4.78 is 19.5. The molecule has 0 aliphatic carbocycles. The SMILES string of the molecule is Cc1c(C#N)c2ccccc2n1CC(=O)N1CCOC[C@@H]1CC(=O)NCCF. The van der Waals surface area contributed by atoms with E-state index >= 15 is 0 Å². The predicted molar refractivity (Wildman–Crippen MR) is 101 cm³/mol. The maximum atomic E-state index is 13.0. The van der Waals surface area contributed by atoms with Crippen LogP contribution in [0.4, 0.5) is 4.39 Å². The third kappa shape index (κ3) is 3.99. The van der Waals surface area contributed by atoms with Gasteiger partial charge in [-0.2, -0.15) is 5.26 Å². The number of benzene rings is 1. The second-order valence-electron chi connectivity index (χ2n) is 6.73. The maximum Gasteiger partial charge on any atom is 0.242 e. The van der Waals surface area contributed by atoms with Crippen LogP contribution in [0.5, 0.6) is 0 Å². The van der Waals surface area contributed by atoms with Crippen molar-refractivity contribution in [3.63, 3.8) is 0 Å². The van der Waals surface area contributed by atoms with Gasteiger partial charge in [0.15, 0.2) is 0 Å². The molecule has 1 saturated heterocycles. The molecule has 0 saturated carbocycles. The van der Waals surface area contributed by atoms with Crippen LogP contribution in [0, 0.1) is 18.3 Å². The Kier molecular flexibility index (Phi) is 6.26. The van der Waals surface area contributed by atoms with E-state index in [4.69, 9.17) is 4.74 Å². The number of hydrogen-bond acceptors (Lipinski definition) is 4. The first-order valence-corrected chi connectivity index (χ1v) is 9.24. The van der Waals surface area contributed by atoms with Gasteiger partial charge < -0.3 is 19.5 Å². The summed E-state index contributed by atoms with van der Waals surface area (Å²) >= 11 is 0. The maximum absolute atomic E-state index is 13.0. The summed E-state index contributed by atoms with van der Waals surface area (Å²) in [6, 6.07) is 9.32.